The number of likely N-dealkylation sites (tertiary alicyclic amines) is 1. The van der Waals surface area contributed by atoms with Gasteiger partial charge in [0.25, 0.3) is 0 Å². The first-order valence-corrected chi connectivity index (χ1v) is 9.90. The molecule has 0 amide bonds. The molecule has 0 bridgehead atoms. The predicted molar refractivity (Wildman–Crippen MR) is 97.4 cm³/mol. The zero-order valence-corrected chi connectivity index (χ0v) is 15.1. The molecule has 1 saturated heterocycles. The first-order valence-electron chi connectivity index (χ1n) is 8.42. The monoisotopic (exact) mass is 361 g/mol. The SMILES string of the molecule is Cc1ccnc(Nc2ccc(S(=O)(=O)NCCN3CCCC3)cc2)n1. The average Bonchev–Trinajstić information content (AvgIpc) is 3.09. The third-order valence-corrected chi connectivity index (χ3v) is 5.61. The van der Waals surface area contributed by atoms with Crippen molar-refractivity contribution in [3.05, 3.63) is 42.2 Å². The van der Waals surface area contributed by atoms with E-state index < -0.39 is 10.0 Å². The summed E-state index contributed by atoms with van der Waals surface area (Å²) in [6.07, 6.45) is 4.07. The number of nitrogens with zero attached hydrogens (tertiary/aromatic N) is 3. The summed E-state index contributed by atoms with van der Waals surface area (Å²) in [5.74, 6) is 0.486. The summed E-state index contributed by atoms with van der Waals surface area (Å²) in [6.45, 7) is 5.19. The number of benzene rings is 1. The minimum atomic E-state index is -3.48. The summed E-state index contributed by atoms with van der Waals surface area (Å²) in [5, 5.41) is 3.06. The Morgan fingerprint density at radius 3 is 2.52 bits per heavy atom. The van der Waals surface area contributed by atoms with Crippen molar-refractivity contribution in [2.45, 2.75) is 24.7 Å². The largest absolute Gasteiger partial charge is 0.324 e. The molecule has 134 valence electrons. The van der Waals surface area contributed by atoms with Crippen molar-refractivity contribution < 1.29 is 8.42 Å². The summed E-state index contributed by atoms with van der Waals surface area (Å²) in [6, 6.07) is 8.39. The van der Waals surface area contributed by atoms with Crippen LogP contribution in [0.25, 0.3) is 0 Å². The number of aryl methyl sites for hydroxylation is 1. The van der Waals surface area contributed by atoms with Gasteiger partial charge in [-0.25, -0.2) is 23.1 Å². The minimum absolute atomic E-state index is 0.254. The fourth-order valence-electron chi connectivity index (χ4n) is 2.78. The van der Waals surface area contributed by atoms with Crippen LogP contribution in [-0.4, -0.2) is 49.5 Å². The lowest BCUT2D eigenvalue weighted by Gasteiger charge is -2.15. The van der Waals surface area contributed by atoms with E-state index in [4.69, 9.17) is 0 Å². The van der Waals surface area contributed by atoms with E-state index in [0.29, 0.717) is 12.5 Å². The fraction of sp³-hybridized carbons (Fsp3) is 0.412. The van der Waals surface area contributed by atoms with E-state index in [1.807, 2.05) is 13.0 Å². The van der Waals surface area contributed by atoms with Gasteiger partial charge in [-0.3, -0.25) is 0 Å². The van der Waals surface area contributed by atoms with Gasteiger partial charge in [0, 0.05) is 30.7 Å². The lowest BCUT2D eigenvalue weighted by molar-refractivity contribution is 0.344. The molecule has 25 heavy (non-hydrogen) atoms. The second-order valence-corrected chi connectivity index (χ2v) is 7.88. The van der Waals surface area contributed by atoms with Crippen LogP contribution in [0.2, 0.25) is 0 Å². The van der Waals surface area contributed by atoms with Crippen molar-refractivity contribution in [3.8, 4) is 0 Å². The maximum Gasteiger partial charge on any atom is 0.240 e. The number of hydrogen-bond donors (Lipinski definition) is 2. The molecular formula is C17H23N5O2S. The molecule has 1 aliphatic rings. The van der Waals surface area contributed by atoms with Gasteiger partial charge in [0.2, 0.25) is 16.0 Å². The maximum absolute atomic E-state index is 12.3. The number of hydrogen-bond acceptors (Lipinski definition) is 6. The fourth-order valence-corrected chi connectivity index (χ4v) is 3.80. The van der Waals surface area contributed by atoms with E-state index in [2.05, 4.69) is 24.9 Å². The van der Waals surface area contributed by atoms with Crippen LogP contribution < -0.4 is 10.0 Å². The van der Waals surface area contributed by atoms with Gasteiger partial charge in [0.05, 0.1) is 4.90 Å². The standard InChI is InChI=1S/C17H23N5O2S/c1-14-8-9-18-17(20-14)21-15-4-6-16(7-5-15)25(23,24)19-10-13-22-11-2-3-12-22/h4-9,19H,2-3,10-13H2,1H3,(H,18,20,21). The molecule has 2 heterocycles. The van der Waals surface area contributed by atoms with Crippen molar-refractivity contribution >= 4 is 21.7 Å². The van der Waals surface area contributed by atoms with E-state index in [-0.39, 0.29) is 4.90 Å². The topological polar surface area (TPSA) is 87.2 Å². The van der Waals surface area contributed by atoms with Gasteiger partial charge in [0.1, 0.15) is 0 Å². The van der Waals surface area contributed by atoms with E-state index in [0.717, 1.165) is 31.0 Å². The molecule has 3 rings (SSSR count). The Hall–Kier alpha value is -2.03. The summed E-state index contributed by atoms with van der Waals surface area (Å²) in [7, 11) is -3.48. The Morgan fingerprint density at radius 1 is 1.12 bits per heavy atom. The van der Waals surface area contributed by atoms with Crippen molar-refractivity contribution in [1.29, 1.82) is 0 Å². The lowest BCUT2D eigenvalue weighted by Crippen LogP contribution is -2.33. The van der Waals surface area contributed by atoms with Gasteiger partial charge >= 0.3 is 0 Å². The first-order chi connectivity index (χ1) is 12.0. The van der Waals surface area contributed by atoms with Crippen LogP contribution in [0, 0.1) is 6.92 Å². The van der Waals surface area contributed by atoms with Gasteiger partial charge in [-0.2, -0.15) is 0 Å². The average molecular weight is 361 g/mol. The quantitative estimate of drug-likeness (QED) is 0.783. The van der Waals surface area contributed by atoms with E-state index in [9.17, 15) is 8.42 Å². The third kappa shape index (κ3) is 4.97. The van der Waals surface area contributed by atoms with Crippen molar-refractivity contribution in [2.24, 2.45) is 0 Å². The molecule has 0 unspecified atom stereocenters. The van der Waals surface area contributed by atoms with Crippen molar-refractivity contribution in [2.75, 3.05) is 31.5 Å². The Morgan fingerprint density at radius 2 is 1.84 bits per heavy atom. The van der Waals surface area contributed by atoms with E-state index >= 15 is 0 Å². The third-order valence-electron chi connectivity index (χ3n) is 4.13. The van der Waals surface area contributed by atoms with Crippen LogP contribution in [0.4, 0.5) is 11.6 Å². The summed E-state index contributed by atoms with van der Waals surface area (Å²) < 4.78 is 27.4. The number of anilines is 2. The first kappa shape index (κ1) is 17.8. The second-order valence-electron chi connectivity index (χ2n) is 6.12. The van der Waals surface area contributed by atoms with Gasteiger partial charge in [-0.05, 0) is 63.2 Å². The van der Waals surface area contributed by atoms with Crippen LogP contribution in [-0.2, 0) is 10.0 Å². The maximum atomic E-state index is 12.3. The molecule has 1 fully saturated rings. The molecule has 0 spiro atoms. The van der Waals surface area contributed by atoms with Gasteiger partial charge in [-0.1, -0.05) is 0 Å². The summed E-state index contributed by atoms with van der Waals surface area (Å²) in [4.78, 5) is 10.9. The molecule has 0 saturated carbocycles. The lowest BCUT2D eigenvalue weighted by atomic mass is 10.3. The highest BCUT2D eigenvalue weighted by Gasteiger charge is 2.16. The molecule has 1 aromatic heterocycles. The van der Waals surface area contributed by atoms with Gasteiger partial charge in [0.15, 0.2) is 0 Å². The van der Waals surface area contributed by atoms with Crippen LogP contribution in [0.3, 0.4) is 0 Å². The molecule has 8 heteroatoms. The Kier molecular flexibility index (Phi) is 5.62. The van der Waals surface area contributed by atoms with Gasteiger partial charge < -0.3 is 10.2 Å². The number of sulfonamides is 1. The molecule has 2 N–H and O–H groups in total. The molecule has 0 atom stereocenters. The summed E-state index contributed by atoms with van der Waals surface area (Å²) in [5.41, 5.74) is 1.60. The highest BCUT2D eigenvalue weighted by Crippen LogP contribution is 2.17. The zero-order valence-electron chi connectivity index (χ0n) is 14.3. The van der Waals surface area contributed by atoms with Crippen LogP contribution >= 0.6 is 0 Å². The highest BCUT2D eigenvalue weighted by molar-refractivity contribution is 7.89. The smallest absolute Gasteiger partial charge is 0.240 e. The Labute approximate surface area is 148 Å². The van der Waals surface area contributed by atoms with Crippen molar-refractivity contribution in [3.63, 3.8) is 0 Å². The molecule has 1 aromatic carbocycles. The molecule has 1 aliphatic heterocycles. The molecule has 0 aliphatic carbocycles. The Bertz CT molecular complexity index is 802. The van der Waals surface area contributed by atoms with Crippen LogP contribution in [0.15, 0.2) is 41.4 Å². The number of rotatable bonds is 7. The highest BCUT2D eigenvalue weighted by atomic mass is 32.2. The number of aromatic nitrogens is 2. The predicted octanol–water partition coefficient (Wildman–Crippen LogP) is 1.90. The molecule has 2 aromatic rings. The van der Waals surface area contributed by atoms with E-state index in [1.165, 1.54) is 12.8 Å². The number of nitrogens with one attached hydrogen (secondary N) is 2. The second kappa shape index (κ2) is 7.90. The minimum Gasteiger partial charge on any atom is -0.324 e. The van der Waals surface area contributed by atoms with E-state index in [1.54, 1.807) is 30.5 Å². The van der Waals surface area contributed by atoms with Crippen LogP contribution in [0.5, 0.6) is 0 Å². The Balaban J connectivity index is 1.58. The normalized spacial score (nSPS) is 15.4. The van der Waals surface area contributed by atoms with Crippen molar-refractivity contribution in [1.82, 2.24) is 19.6 Å². The van der Waals surface area contributed by atoms with Gasteiger partial charge in [-0.15, -0.1) is 0 Å². The molecular weight excluding hydrogens is 338 g/mol. The molecule has 0 radical (unpaired) electrons. The zero-order chi connectivity index (χ0) is 17.7. The summed E-state index contributed by atoms with van der Waals surface area (Å²) >= 11 is 0. The van der Waals surface area contributed by atoms with Crippen LogP contribution in [0.1, 0.15) is 18.5 Å². The molecule has 7 nitrogen and oxygen atoms in total.